The van der Waals surface area contributed by atoms with Crippen molar-refractivity contribution < 1.29 is 13.2 Å². The summed E-state index contributed by atoms with van der Waals surface area (Å²) in [6.07, 6.45) is 1.93. The van der Waals surface area contributed by atoms with E-state index in [-0.39, 0.29) is 5.91 Å². The van der Waals surface area contributed by atoms with Gasteiger partial charge >= 0.3 is 0 Å². The number of para-hydroxylation sites is 1. The predicted octanol–water partition coefficient (Wildman–Crippen LogP) is 2.57. The summed E-state index contributed by atoms with van der Waals surface area (Å²) in [5.41, 5.74) is 3.66. The van der Waals surface area contributed by atoms with Gasteiger partial charge < -0.3 is 4.90 Å². The summed E-state index contributed by atoms with van der Waals surface area (Å²) in [6, 6.07) is 12.9. The van der Waals surface area contributed by atoms with E-state index >= 15 is 0 Å². The highest BCUT2D eigenvalue weighted by Crippen LogP contribution is 2.30. The molecular formula is C17H18N2O3S. The molecule has 5 nitrogen and oxygen atoms in total. The van der Waals surface area contributed by atoms with Crippen molar-refractivity contribution >= 4 is 27.3 Å². The Morgan fingerprint density at radius 3 is 2.61 bits per heavy atom. The van der Waals surface area contributed by atoms with Gasteiger partial charge in [-0.25, -0.2) is 8.42 Å². The minimum absolute atomic E-state index is 0.107. The molecule has 1 aliphatic heterocycles. The molecule has 120 valence electrons. The number of carbonyl (C=O) groups excluding carboxylic acids is 1. The smallest absolute Gasteiger partial charge is 0.258 e. The van der Waals surface area contributed by atoms with E-state index in [1.165, 1.54) is 0 Å². The van der Waals surface area contributed by atoms with Crippen molar-refractivity contribution in [3.63, 3.8) is 0 Å². The molecule has 0 saturated heterocycles. The van der Waals surface area contributed by atoms with E-state index in [4.69, 9.17) is 0 Å². The van der Waals surface area contributed by atoms with Gasteiger partial charge in [0.25, 0.3) is 5.91 Å². The molecule has 0 unspecified atom stereocenters. The summed E-state index contributed by atoms with van der Waals surface area (Å²) in [4.78, 5) is 14.6. The molecular weight excluding hydrogens is 312 g/mol. The average Bonchev–Trinajstić information content (AvgIpc) is 2.91. The number of sulfonamides is 1. The summed E-state index contributed by atoms with van der Waals surface area (Å²) in [5, 5.41) is 0. The van der Waals surface area contributed by atoms with Gasteiger partial charge in [0.15, 0.2) is 0 Å². The van der Waals surface area contributed by atoms with E-state index < -0.39 is 10.0 Å². The molecule has 0 atom stereocenters. The van der Waals surface area contributed by atoms with E-state index in [0.717, 1.165) is 23.9 Å². The minimum atomic E-state index is -3.38. The Hall–Kier alpha value is -2.34. The first kappa shape index (κ1) is 15.6. The second-order valence-electron chi connectivity index (χ2n) is 5.69. The van der Waals surface area contributed by atoms with Crippen LogP contribution in [0.1, 0.15) is 21.5 Å². The second kappa shape index (κ2) is 5.70. The van der Waals surface area contributed by atoms with Gasteiger partial charge in [0.2, 0.25) is 10.0 Å². The molecule has 1 amide bonds. The Bertz CT molecular complexity index is 875. The Kier molecular flexibility index (Phi) is 3.85. The maximum atomic E-state index is 12.9. The molecule has 1 heterocycles. The number of amides is 1. The maximum absolute atomic E-state index is 12.9. The average molecular weight is 330 g/mol. The monoisotopic (exact) mass is 330 g/mol. The summed E-state index contributed by atoms with van der Waals surface area (Å²) in [5.74, 6) is -0.107. The number of anilines is 2. The molecule has 0 saturated carbocycles. The molecule has 6 heteroatoms. The Labute approximate surface area is 136 Å². The fraction of sp³-hybridized carbons (Fsp3) is 0.235. The number of hydrogen-bond acceptors (Lipinski definition) is 3. The molecule has 0 fully saturated rings. The van der Waals surface area contributed by atoms with Gasteiger partial charge in [-0.15, -0.1) is 0 Å². The normalized spacial score (nSPS) is 13.7. The van der Waals surface area contributed by atoms with Gasteiger partial charge in [0, 0.05) is 17.8 Å². The Morgan fingerprint density at radius 2 is 1.87 bits per heavy atom. The summed E-state index contributed by atoms with van der Waals surface area (Å²) in [6.45, 7) is 2.39. The topological polar surface area (TPSA) is 66.5 Å². The number of hydrogen-bond donors (Lipinski definition) is 1. The fourth-order valence-corrected chi connectivity index (χ4v) is 3.49. The second-order valence-corrected chi connectivity index (χ2v) is 7.44. The number of nitrogens with one attached hydrogen (secondary N) is 1. The van der Waals surface area contributed by atoms with Gasteiger partial charge in [0.05, 0.1) is 11.9 Å². The molecule has 3 rings (SSSR count). The fourth-order valence-electron chi connectivity index (χ4n) is 2.87. The summed E-state index contributed by atoms with van der Waals surface area (Å²) < 4.78 is 25.4. The zero-order valence-corrected chi connectivity index (χ0v) is 13.9. The third-order valence-corrected chi connectivity index (χ3v) is 4.58. The summed E-state index contributed by atoms with van der Waals surface area (Å²) >= 11 is 0. The van der Waals surface area contributed by atoms with Crippen LogP contribution in [0.5, 0.6) is 0 Å². The number of rotatable bonds is 3. The Balaban J connectivity index is 1.97. The van der Waals surface area contributed by atoms with E-state index in [1.54, 1.807) is 30.0 Å². The third kappa shape index (κ3) is 3.07. The lowest BCUT2D eigenvalue weighted by molar-refractivity contribution is 0.0989. The first-order valence-corrected chi connectivity index (χ1v) is 9.23. The van der Waals surface area contributed by atoms with Crippen LogP contribution in [0.4, 0.5) is 11.4 Å². The van der Waals surface area contributed by atoms with Gasteiger partial charge in [-0.1, -0.05) is 24.3 Å². The van der Waals surface area contributed by atoms with Gasteiger partial charge in [0.1, 0.15) is 0 Å². The van der Waals surface area contributed by atoms with Crippen molar-refractivity contribution in [3.05, 3.63) is 59.2 Å². The quantitative estimate of drug-likeness (QED) is 0.940. The lowest BCUT2D eigenvalue weighted by Gasteiger charge is -2.19. The van der Waals surface area contributed by atoms with Crippen LogP contribution >= 0.6 is 0 Å². The largest absolute Gasteiger partial charge is 0.308 e. The van der Waals surface area contributed by atoms with E-state index in [0.29, 0.717) is 23.4 Å². The standard InChI is InChI=1S/C17H18N2O3S/c1-12-14(7-5-8-15(12)18-23(2,21)22)17(20)19-11-10-13-6-3-4-9-16(13)19/h3-9,18H,10-11H2,1-2H3. The van der Waals surface area contributed by atoms with Crippen LogP contribution < -0.4 is 9.62 Å². The number of nitrogens with zero attached hydrogens (tertiary/aromatic N) is 1. The molecule has 1 N–H and O–H groups in total. The highest BCUT2D eigenvalue weighted by molar-refractivity contribution is 7.92. The predicted molar refractivity (Wildman–Crippen MR) is 91.5 cm³/mol. The highest BCUT2D eigenvalue weighted by atomic mass is 32.2. The number of benzene rings is 2. The van der Waals surface area contributed by atoms with Crippen molar-refractivity contribution in [2.75, 3.05) is 22.4 Å². The minimum Gasteiger partial charge on any atom is -0.308 e. The molecule has 2 aromatic carbocycles. The zero-order valence-electron chi connectivity index (χ0n) is 13.0. The number of carbonyl (C=O) groups is 1. The van der Waals surface area contributed by atoms with E-state index in [9.17, 15) is 13.2 Å². The van der Waals surface area contributed by atoms with Crippen molar-refractivity contribution in [2.45, 2.75) is 13.3 Å². The lowest BCUT2D eigenvalue weighted by atomic mass is 10.1. The van der Waals surface area contributed by atoms with Crippen molar-refractivity contribution in [3.8, 4) is 0 Å². The van der Waals surface area contributed by atoms with Crippen LogP contribution in [0, 0.1) is 6.92 Å². The SMILES string of the molecule is Cc1c(NS(C)(=O)=O)cccc1C(=O)N1CCc2ccccc21. The van der Waals surface area contributed by atoms with Crippen molar-refractivity contribution in [1.29, 1.82) is 0 Å². The molecule has 0 aliphatic carbocycles. The molecule has 0 radical (unpaired) electrons. The molecule has 23 heavy (non-hydrogen) atoms. The van der Waals surface area contributed by atoms with Gasteiger partial charge in [-0.3, -0.25) is 9.52 Å². The van der Waals surface area contributed by atoms with Crippen LogP contribution in [0.25, 0.3) is 0 Å². The Morgan fingerprint density at radius 1 is 1.13 bits per heavy atom. The number of fused-ring (bicyclic) bond motifs is 1. The summed E-state index contributed by atoms with van der Waals surface area (Å²) in [7, 11) is -3.38. The molecule has 0 spiro atoms. The molecule has 0 bridgehead atoms. The zero-order chi connectivity index (χ0) is 16.6. The van der Waals surface area contributed by atoms with Crippen molar-refractivity contribution in [1.82, 2.24) is 0 Å². The van der Waals surface area contributed by atoms with Crippen LogP contribution in [-0.2, 0) is 16.4 Å². The van der Waals surface area contributed by atoms with E-state index in [1.807, 2.05) is 24.3 Å². The molecule has 1 aliphatic rings. The third-order valence-electron chi connectivity index (χ3n) is 3.99. The van der Waals surface area contributed by atoms with Crippen LogP contribution in [-0.4, -0.2) is 27.1 Å². The van der Waals surface area contributed by atoms with Gasteiger partial charge in [-0.2, -0.15) is 0 Å². The lowest BCUT2D eigenvalue weighted by Crippen LogP contribution is -2.29. The van der Waals surface area contributed by atoms with Crippen molar-refractivity contribution in [2.24, 2.45) is 0 Å². The first-order valence-electron chi connectivity index (χ1n) is 7.34. The first-order chi connectivity index (χ1) is 10.9. The van der Waals surface area contributed by atoms with Gasteiger partial charge in [-0.05, 0) is 42.7 Å². The van der Waals surface area contributed by atoms with Crippen LogP contribution in [0.2, 0.25) is 0 Å². The van der Waals surface area contributed by atoms with Crippen LogP contribution in [0.15, 0.2) is 42.5 Å². The van der Waals surface area contributed by atoms with Crippen LogP contribution in [0.3, 0.4) is 0 Å². The molecule has 0 aromatic heterocycles. The maximum Gasteiger partial charge on any atom is 0.258 e. The van der Waals surface area contributed by atoms with E-state index in [2.05, 4.69) is 4.72 Å². The molecule has 2 aromatic rings. The highest BCUT2D eigenvalue weighted by Gasteiger charge is 2.26.